The molecule has 5 heteroatoms. The maximum absolute atomic E-state index is 12.7. The van der Waals surface area contributed by atoms with E-state index >= 15 is 0 Å². The van der Waals surface area contributed by atoms with Gasteiger partial charge in [0.05, 0.1) is 5.02 Å². The van der Waals surface area contributed by atoms with Crippen LogP contribution in [0.2, 0.25) is 10.0 Å². The highest BCUT2D eigenvalue weighted by molar-refractivity contribution is 6.44. The summed E-state index contributed by atoms with van der Waals surface area (Å²) in [6.07, 6.45) is 0.358. The van der Waals surface area contributed by atoms with Crippen molar-refractivity contribution < 1.29 is 14.3 Å². The molecular formula is C7H3Cl2FO2. The third kappa shape index (κ3) is 1.38. The van der Waals surface area contributed by atoms with E-state index in [1.54, 1.807) is 0 Å². The molecule has 0 aromatic heterocycles. The second-order valence-corrected chi connectivity index (χ2v) is 2.80. The predicted octanol–water partition coefficient (Wildman–Crippen LogP) is 2.65. The molecule has 1 aromatic rings. The van der Waals surface area contributed by atoms with Crippen LogP contribution in [0.3, 0.4) is 0 Å². The van der Waals surface area contributed by atoms with Gasteiger partial charge < -0.3 is 5.11 Å². The minimum Gasteiger partial charge on any atom is -0.504 e. The first-order valence-corrected chi connectivity index (χ1v) is 3.65. The molecule has 2 nitrogen and oxygen atoms in total. The molecule has 0 unspecified atom stereocenters. The number of hydrogen-bond donors (Lipinski definition) is 1. The average molecular weight is 209 g/mol. The summed E-state index contributed by atoms with van der Waals surface area (Å²) < 4.78 is 12.7. The van der Waals surface area contributed by atoms with Crippen molar-refractivity contribution in [3.8, 4) is 5.75 Å². The molecule has 1 rings (SSSR count). The molecule has 0 spiro atoms. The number of hydrogen-bond acceptors (Lipinski definition) is 2. The molecule has 0 fully saturated rings. The van der Waals surface area contributed by atoms with Crippen LogP contribution in [0.4, 0.5) is 4.39 Å². The molecule has 0 amide bonds. The first kappa shape index (κ1) is 9.29. The molecule has 12 heavy (non-hydrogen) atoms. The predicted molar refractivity (Wildman–Crippen MR) is 43.5 cm³/mol. The standard InChI is InChI=1S/C7H3Cl2FO2/c8-5-3(2-11)1-4(10)7(12)6(5)9/h1-2,12H. The average Bonchev–Trinajstić information content (AvgIpc) is 2.08. The molecule has 0 aliphatic heterocycles. The van der Waals surface area contributed by atoms with Gasteiger partial charge in [0, 0.05) is 5.56 Å². The Balaban J connectivity index is 3.49. The van der Waals surface area contributed by atoms with Crippen molar-refractivity contribution in [2.75, 3.05) is 0 Å². The maximum Gasteiger partial charge on any atom is 0.171 e. The van der Waals surface area contributed by atoms with Crippen LogP contribution < -0.4 is 0 Å². The zero-order chi connectivity index (χ0) is 9.30. The van der Waals surface area contributed by atoms with Crippen molar-refractivity contribution in [2.24, 2.45) is 0 Å². The SMILES string of the molecule is O=Cc1cc(F)c(O)c(Cl)c1Cl. The van der Waals surface area contributed by atoms with Crippen LogP contribution >= 0.6 is 23.2 Å². The minimum absolute atomic E-state index is 0.0861. The largest absolute Gasteiger partial charge is 0.504 e. The van der Waals surface area contributed by atoms with Gasteiger partial charge in [-0.15, -0.1) is 0 Å². The van der Waals surface area contributed by atoms with Gasteiger partial charge in [-0.2, -0.15) is 0 Å². The van der Waals surface area contributed by atoms with Gasteiger partial charge in [-0.25, -0.2) is 4.39 Å². The maximum atomic E-state index is 12.7. The zero-order valence-corrected chi connectivity index (χ0v) is 7.16. The van der Waals surface area contributed by atoms with Crippen LogP contribution in [0, 0.1) is 5.82 Å². The molecule has 0 atom stereocenters. The van der Waals surface area contributed by atoms with E-state index in [2.05, 4.69) is 0 Å². The molecule has 64 valence electrons. The molecule has 0 aliphatic carbocycles. The van der Waals surface area contributed by atoms with Crippen LogP contribution in [0.15, 0.2) is 6.07 Å². The first-order valence-electron chi connectivity index (χ1n) is 2.89. The van der Waals surface area contributed by atoms with E-state index in [0.29, 0.717) is 6.29 Å². The molecular weight excluding hydrogens is 206 g/mol. The lowest BCUT2D eigenvalue weighted by atomic mass is 10.2. The Morgan fingerprint density at radius 3 is 2.50 bits per heavy atom. The summed E-state index contributed by atoms with van der Waals surface area (Å²) in [5.41, 5.74) is -0.0861. The van der Waals surface area contributed by atoms with Crippen molar-refractivity contribution in [3.05, 3.63) is 27.5 Å². The quantitative estimate of drug-likeness (QED) is 0.570. The molecule has 0 saturated heterocycles. The Morgan fingerprint density at radius 2 is 2.00 bits per heavy atom. The molecule has 1 aromatic carbocycles. The number of carbonyl (C=O) groups excluding carboxylic acids is 1. The Labute approximate surface area is 77.5 Å². The lowest BCUT2D eigenvalue weighted by Crippen LogP contribution is -1.87. The van der Waals surface area contributed by atoms with E-state index in [1.165, 1.54) is 0 Å². The second-order valence-electron chi connectivity index (χ2n) is 2.04. The number of carbonyl (C=O) groups is 1. The van der Waals surface area contributed by atoms with E-state index < -0.39 is 11.6 Å². The lowest BCUT2D eigenvalue weighted by Gasteiger charge is -2.02. The summed E-state index contributed by atoms with van der Waals surface area (Å²) in [4.78, 5) is 10.3. The van der Waals surface area contributed by atoms with Crippen LogP contribution in [0.1, 0.15) is 10.4 Å². The lowest BCUT2D eigenvalue weighted by molar-refractivity contribution is 0.112. The van der Waals surface area contributed by atoms with Gasteiger partial charge in [0.1, 0.15) is 5.02 Å². The molecule has 0 saturated carbocycles. The van der Waals surface area contributed by atoms with Gasteiger partial charge in [0.2, 0.25) is 0 Å². The Hall–Kier alpha value is -0.800. The summed E-state index contributed by atoms with van der Waals surface area (Å²) in [5.74, 6) is -1.71. The Morgan fingerprint density at radius 1 is 1.42 bits per heavy atom. The smallest absolute Gasteiger partial charge is 0.171 e. The van der Waals surface area contributed by atoms with Crippen molar-refractivity contribution in [1.82, 2.24) is 0 Å². The summed E-state index contributed by atoms with van der Waals surface area (Å²) in [7, 11) is 0. The van der Waals surface area contributed by atoms with E-state index in [0.717, 1.165) is 6.07 Å². The number of benzene rings is 1. The molecule has 0 heterocycles. The fourth-order valence-electron chi connectivity index (χ4n) is 0.690. The van der Waals surface area contributed by atoms with Crippen molar-refractivity contribution in [2.45, 2.75) is 0 Å². The fraction of sp³-hybridized carbons (Fsp3) is 0. The van der Waals surface area contributed by atoms with E-state index in [-0.39, 0.29) is 15.6 Å². The third-order valence-corrected chi connectivity index (χ3v) is 2.16. The van der Waals surface area contributed by atoms with Gasteiger partial charge >= 0.3 is 0 Å². The van der Waals surface area contributed by atoms with Gasteiger partial charge in [0.25, 0.3) is 0 Å². The number of phenols is 1. The van der Waals surface area contributed by atoms with Crippen molar-refractivity contribution in [1.29, 1.82) is 0 Å². The van der Waals surface area contributed by atoms with Gasteiger partial charge in [-0.05, 0) is 6.07 Å². The Kier molecular flexibility index (Phi) is 2.55. The second kappa shape index (κ2) is 3.29. The number of phenolic OH excluding ortho intramolecular Hbond substituents is 1. The number of halogens is 3. The minimum atomic E-state index is -0.966. The van der Waals surface area contributed by atoms with Crippen molar-refractivity contribution >= 4 is 29.5 Å². The molecule has 0 radical (unpaired) electrons. The molecule has 0 aliphatic rings. The van der Waals surface area contributed by atoms with Crippen molar-refractivity contribution in [3.63, 3.8) is 0 Å². The Bertz CT molecular complexity index is 339. The topological polar surface area (TPSA) is 37.3 Å². The summed E-state index contributed by atoms with van der Waals surface area (Å²) in [5, 5.41) is 8.40. The summed E-state index contributed by atoms with van der Waals surface area (Å²) in [6.45, 7) is 0. The third-order valence-electron chi connectivity index (χ3n) is 1.29. The zero-order valence-electron chi connectivity index (χ0n) is 5.64. The molecule has 0 bridgehead atoms. The number of rotatable bonds is 1. The summed E-state index contributed by atoms with van der Waals surface area (Å²) >= 11 is 10.9. The summed E-state index contributed by atoms with van der Waals surface area (Å²) in [6, 6.07) is 0.816. The van der Waals surface area contributed by atoms with Gasteiger partial charge in [-0.3, -0.25) is 4.79 Å². The highest BCUT2D eigenvalue weighted by Gasteiger charge is 2.13. The monoisotopic (exact) mass is 208 g/mol. The number of aldehydes is 1. The van der Waals surface area contributed by atoms with Gasteiger partial charge in [0.15, 0.2) is 17.9 Å². The highest BCUT2D eigenvalue weighted by atomic mass is 35.5. The number of aromatic hydroxyl groups is 1. The van der Waals surface area contributed by atoms with E-state index in [4.69, 9.17) is 28.3 Å². The first-order chi connectivity index (χ1) is 5.57. The van der Waals surface area contributed by atoms with E-state index in [9.17, 15) is 9.18 Å². The van der Waals surface area contributed by atoms with E-state index in [1.807, 2.05) is 0 Å². The van der Waals surface area contributed by atoms with Gasteiger partial charge in [-0.1, -0.05) is 23.2 Å². The molecule has 1 N–H and O–H groups in total. The fourth-order valence-corrected chi connectivity index (χ4v) is 1.08. The highest BCUT2D eigenvalue weighted by Crippen LogP contribution is 2.35. The van der Waals surface area contributed by atoms with Crippen LogP contribution in [0.5, 0.6) is 5.75 Å². The van der Waals surface area contributed by atoms with Crippen LogP contribution in [0.25, 0.3) is 0 Å². The van der Waals surface area contributed by atoms with Crippen LogP contribution in [-0.4, -0.2) is 11.4 Å². The normalized spacial score (nSPS) is 9.92. The van der Waals surface area contributed by atoms with Crippen LogP contribution in [-0.2, 0) is 0 Å².